The van der Waals surface area contributed by atoms with E-state index in [0.29, 0.717) is 31.1 Å². The molecule has 0 spiro atoms. The third-order valence-corrected chi connectivity index (χ3v) is 6.06. The van der Waals surface area contributed by atoms with Crippen LogP contribution in [0.1, 0.15) is 17.5 Å². The number of benzene rings is 2. The van der Waals surface area contributed by atoms with Crippen molar-refractivity contribution < 1.29 is 14.6 Å². The minimum atomic E-state index is -1.01. The van der Waals surface area contributed by atoms with Crippen LogP contribution in [0.15, 0.2) is 48.5 Å². The molecule has 2 aromatic carbocycles. The second-order valence-electron chi connectivity index (χ2n) is 7.97. The van der Waals surface area contributed by atoms with Crippen LogP contribution in [0.2, 0.25) is 5.02 Å². The number of halogens is 1. The maximum absolute atomic E-state index is 13.0. The molecule has 1 saturated heterocycles. The van der Waals surface area contributed by atoms with Crippen LogP contribution in [0.3, 0.4) is 0 Å². The van der Waals surface area contributed by atoms with E-state index in [4.69, 9.17) is 16.3 Å². The molecule has 2 atom stereocenters. The number of piperidine rings is 1. The fraction of sp³-hybridized carbons (Fsp3) is 0.435. The van der Waals surface area contributed by atoms with Gasteiger partial charge >= 0.3 is 0 Å². The third-order valence-electron chi connectivity index (χ3n) is 5.69. The number of ether oxygens (including phenoxy) is 1. The first-order valence-corrected chi connectivity index (χ1v) is 10.2. The molecule has 1 aliphatic heterocycles. The van der Waals surface area contributed by atoms with Crippen molar-refractivity contribution in [2.24, 2.45) is 5.92 Å². The van der Waals surface area contributed by atoms with Crippen LogP contribution in [-0.4, -0.2) is 61.7 Å². The highest BCUT2D eigenvalue weighted by Crippen LogP contribution is 2.39. The maximum Gasteiger partial charge on any atom is 0.227 e. The van der Waals surface area contributed by atoms with Gasteiger partial charge in [0.2, 0.25) is 5.91 Å². The Morgan fingerprint density at radius 1 is 1.28 bits per heavy atom. The SMILES string of the molecule is COc1cccc(C2(O)CCN(C(=O)Cc3ccccc3Cl)CC2CN(C)C)c1. The first-order chi connectivity index (χ1) is 13.8. The predicted molar refractivity (Wildman–Crippen MR) is 115 cm³/mol. The summed E-state index contributed by atoms with van der Waals surface area (Å²) in [4.78, 5) is 16.9. The van der Waals surface area contributed by atoms with E-state index in [0.717, 1.165) is 16.9 Å². The summed E-state index contributed by atoms with van der Waals surface area (Å²) in [5, 5.41) is 12.3. The second kappa shape index (κ2) is 9.16. The summed E-state index contributed by atoms with van der Waals surface area (Å²) < 4.78 is 5.35. The molecule has 1 fully saturated rings. The minimum Gasteiger partial charge on any atom is -0.497 e. The zero-order chi connectivity index (χ0) is 21.0. The van der Waals surface area contributed by atoms with Gasteiger partial charge in [-0.05, 0) is 49.8 Å². The molecular weight excluding hydrogens is 388 g/mol. The van der Waals surface area contributed by atoms with Crippen LogP contribution in [0.4, 0.5) is 0 Å². The Balaban J connectivity index is 1.81. The Bertz CT molecular complexity index is 858. The lowest BCUT2D eigenvalue weighted by atomic mass is 9.75. The van der Waals surface area contributed by atoms with Gasteiger partial charge in [0.05, 0.1) is 19.1 Å². The molecule has 0 radical (unpaired) electrons. The van der Waals surface area contributed by atoms with Crippen molar-refractivity contribution >= 4 is 17.5 Å². The van der Waals surface area contributed by atoms with E-state index in [-0.39, 0.29) is 18.2 Å². The van der Waals surface area contributed by atoms with Crippen LogP contribution >= 0.6 is 11.6 Å². The molecule has 1 heterocycles. The lowest BCUT2D eigenvalue weighted by Gasteiger charge is -2.46. The predicted octanol–water partition coefficient (Wildman–Crippen LogP) is 3.19. The maximum atomic E-state index is 13.0. The van der Waals surface area contributed by atoms with Crippen molar-refractivity contribution in [3.8, 4) is 5.75 Å². The van der Waals surface area contributed by atoms with E-state index in [1.165, 1.54) is 0 Å². The first kappa shape index (κ1) is 21.6. The van der Waals surface area contributed by atoms with Gasteiger partial charge in [-0.3, -0.25) is 4.79 Å². The number of rotatable bonds is 6. The number of amides is 1. The number of methoxy groups -OCH3 is 1. The molecular formula is C23H29ClN2O3. The summed E-state index contributed by atoms with van der Waals surface area (Å²) in [7, 11) is 5.59. The minimum absolute atomic E-state index is 0.0366. The number of likely N-dealkylation sites (tertiary alicyclic amines) is 1. The van der Waals surface area contributed by atoms with E-state index >= 15 is 0 Å². The van der Waals surface area contributed by atoms with Crippen molar-refractivity contribution in [3.05, 3.63) is 64.7 Å². The van der Waals surface area contributed by atoms with Crippen LogP contribution in [-0.2, 0) is 16.8 Å². The lowest BCUT2D eigenvalue weighted by Crippen LogP contribution is -2.54. The smallest absolute Gasteiger partial charge is 0.227 e. The van der Waals surface area contributed by atoms with Crippen molar-refractivity contribution in [2.45, 2.75) is 18.4 Å². The lowest BCUT2D eigenvalue weighted by molar-refractivity contribution is -0.141. The zero-order valence-electron chi connectivity index (χ0n) is 17.3. The topological polar surface area (TPSA) is 53.0 Å². The number of aliphatic hydroxyl groups is 1. The fourth-order valence-electron chi connectivity index (χ4n) is 4.08. The molecule has 5 nitrogen and oxygen atoms in total. The van der Waals surface area contributed by atoms with Crippen molar-refractivity contribution in [3.63, 3.8) is 0 Å². The molecule has 156 valence electrons. The molecule has 2 aromatic rings. The third kappa shape index (κ3) is 4.92. The highest BCUT2D eigenvalue weighted by Gasteiger charge is 2.44. The number of nitrogens with zero attached hydrogens (tertiary/aromatic N) is 2. The molecule has 1 amide bonds. The number of hydrogen-bond donors (Lipinski definition) is 1. The van der Waals surface area contributed by atoms with Gasteiger partial charge in [-0.2, -0.15) is 0 Å². The van der Waals surface area contributed by atoms with Crippen LogP contribution in [0.25, 0.3) is 0 Å². The summed E-state index contributed by atoms with van der Waals surface area (Å²) in [6.45, 7) is 1.67. The van der Waals surface area contributed by atoms with Gasteiger partial charge in [-0.1, -0.05) is 41.9 Å². The molecule has 0 aliphatic carbocycles. The van der Waals surface area contributed by atoms with Gasteiger partial charge in [-0.15, -0.1) is 0 Å². The number of carbonyl (C=O) groups excluding carboxylic acids is 1. The Morgan fingerprint density at radius 2 is 2.03 bits per heavy atom. The van der Waals surface area contributed by atoms with Crippen LogP contribution in [0.5, 0.6) is 5.75 Å². The summed E-state index contributed by atoms with van der Waals surface area (Å²) >= 11 is 6.23. The van der Waals surface area contributed by atoms with Gasteiger partial charge in [0.15, 0.2) is 0 Å². The molecule has 1 N–H and O–H groups in total. The summed E-state index contributed by atoms with van der Waals surface area (Å²) in [6.07, 6.45) is 0.749. The summed E-state index contributed by atoms with van der Waals surface area (Å²) in [6, 6.07) is 15.0. The molecule has 0 aromatic heterocycles. The highest BCUT2D eigenvalue weighted by atomic mass is 35.5. The van der Waals surface area contributed by atoms with E-state index in [9.17, 15) is 9.90 Å². The molecule has 1 aliphatic rings. The van der Waals surface area contributed by atoms with E-state index in [1.54, 1.807) is 13.2 Å². The summed E-state index contributed by atoms with van der Waals surface area (Å²) in [5.74, 6) is 0.639. The van der Waals surface area contributed by atoms with Gasteiger partial charge in [-0.25, -0.2) is 0 Å². The molecule has 0 saturated carbocycles. The first-order valence-electron chi connectivity index (χ1n) is 9.86. The van der Waals surface area contributed by atoms with E-state index in [2.05, 4.69) is 4.90 Å². The molecule has 2 unspecified atom stereocenters. The molecule has 6 heteroatoms. The zero-order valence-corrected chi connectivity index (χ0v) is 18.0. The average Bonchev–Trinajstić information content (AvgIpc) is 2.71. The van der Waals surface area contributed by atoms with Gasteiger partial charge in [0, 0.05) is 30.6 Å². The van der Waals surface area contributed by atoms with Gasteiger partial charge in [0.1, 0.15) is 5.75 Å². The van der Waals surface area contributed by atoms with Crippen molar-refractivity contribution in [1.82, 2.24) is 9.80 Å². The number of hydrogen-bond acceptors (Lipinski definition) is 4. The van der Waals surface area contributed by atoms with Gasteiger partial charge in [0.25, 0.3) is 0 Å². The standard InChI is InChI=1S/C23H29ClN2O3/c1-25(2)15-19-16-26(22(27)13-17-7-4-5-10-21(17)24)12-11-23(19,28)18-8-6-9-20(14-18)29-3/h4-10,14,19,28H,11-13,15-16H2,1-3H3. The average molecular weight is 417 g/mol. The van der Waals surface area contributed by atoms with Gasteiger partial charge < -0.3 is 19.6 Å². The molecule has 29 heavy (non-hydrogen) atoms. The van der Waals surface area contributed by atoms with Crippen molar-refractivity contribution in [1.29, 1.82) is 0 Å². The highest BCUT2D eigenvalue weighted by molar-refractivity contribution is 6.31. The monoisotopic (exact) mass is 416 g/mol. The molecule has 0 bridgehead atoms. The van der Waals surface area contributed by atoms with Crippen LogP contribution < -0.4 is 4.74 Å². The Morgan fingerprint density at radius 3 is 2.72 bits per heavy atom. The van der Waals surface area contributed by atoms with Crippen LogP contribution in [0, 0.1) is 5.92 Å². The quantitative estimate of drug-likeness (QED) is 0.785. The Hall–Kier alpha value is -2.08. The Labute approximate surface area is 177 Å². The fourth-order valence-corrected chi connectivity index (χ4v) is 4.29. The Kier molecular flexibility index (Phi) is 6.83. The number of carbonyl (C=O) groups is 1. The normalized spacial score (nSPS) is 22.0. The second-order valence-corrected chi connectivity index (χ2v) is 8.38. The van der Waals surface area contributed by atoms with E-state index in [1.807, 2.05) is 61.5 Å². The largest absolute Gasteiger partial charge is 0.497 e. The molecule has 3 rings (SSSR count). The van der Waals surface area contributed by atoms with Crippen molar-refractivity contribution in [2.75, 3.05) is 40.8 Å². The van der Waals surface area contributed by atoms with E-state index < -0.39 is 5.60 Å². The summed E-state index contributed by atoms with van der Waals surface area (Å²) in [5.41, 5.74) is 0.652.